The molecule has 0 aliphatic carbocycles. The first-order valence-electron chi connectivity index (χ1n) is 8.96. The molecule has 0 bridgehead atoms. The molecule has 2 heterocycles. The number of carbonyl (C=O) groups is 1. The van der Waals surface area contributed by atoms with E-state index < -0.39 is 10.0 Å². The van der Waals surface area contributed by atoms with Gasteiger partial charge < -0.3 is 9.32 Å². The second-order valence-corrected chi connectivity index (χ2v) is 8.60. The van der Waals surface area contributed by atoms with Crippen LogP contribution >= 0.6 is 0 Å². The van der Waals surface area contributed by atoms with Crippen molar-refractivity contribution in [2.24, 2.45) is 0 Å². The van der Waals surface area contributed by atoms with Crippen LogP contribution < -0.4 is 9.62 Å². The number of nitrogens with one attached hydrogen (secondary N) is 1. The van der Waals surface area contributed by atoms with Crippen molar-refractivity contribution in [2.45, 2.75) is 19.1 Å². The minimum atomic E-state index is -3.57. The van der Waals surface area contributed by atoms with E-state index in [1.165, 1.54) is 6.26 Å². The Morgan fingerprint density at radius 1 is 1.14 bits per heavy atom. The molecule has 144 valence electrons. The number of anilines is 2. The van der Waals surface area contributed by atoms with Gasteiger partial charge in [0.1, 0.15) is 0 Å². The molecule has 1 aliphatic rings. The third-order valence-corrected chi connectivity index (χ3v) is 5.97. The maximum atomic E-state index is 12.6. The summed E-state index contributed by atoms with van der Waals surface area (Å²) in [7, 11) is -3.57. The molecule has 1 N–H and O–H groups in total. The molecule has 2 aromatic carbocycles. The van der Waals surface area contributed by atoms with Gasteiger partial charge in [0.05, 0.1) is 17.7 Å². The molecule has 6 nitrogen and oxygen atoms in total. The lowest BCUT2D eigenvalue weighted by Gasteiger charge is -2.17. The maximum absolute atomic E-state index is 12.6. The summed E-state index contributed by atoms with van der Waals surface area (Å²) in [6.45, 7) is 2.49. The van der Waals surface area contributed by atoms with Crippen LogP contribution in [0.3, 0.4) is 0 Å². The Labute approximate surface area is 163 Å². The highest BCUT2D eigenvalue weighted by molar-refractivity contribution is 7.91. The summed E-state index contributed by atoms with van der Waals surface area (Å²) in [6, 6.07) is 16.0. The highest BCUT2D eigenvalue weighted by atomic mass is 32.2. The van der Waals surface area contributed by atoms with Crippen molar-refractivity contribution in [3.63, 3.8) is 0 Å². The highest BCUT2D eigenvalue weighted by Crippen LogP contribution is 2.32. The molecule has 0 saturated heterocycles. The number of sulfonamides is 1. The molecule has 4 rings (SSSR count). The number of nitrogens with zero attached hydrogens (tertiary/aromatic N) is 1. The zero-order valence-electron chi connectivity index (χ0n) is 15.4. The molecule has 3 aromatic rings. The normalized spacial score (nSPS) is 13.4. The van der Waals surface area contributed by atoms with Gasteiger partial charge in [0.2, 0.25) is 10.0 Å². The first kappa shape index (κ1) is 18.3. The van der Waals surface area contributed by atoms with Crippen molar-refractivity contribution in [2.75, 3.05) is 16.2 Å². The number of carbonyl (C=O) groups excluding carboxylic acids is 1. The summed E-state index contributed by atoms with van der Waals surface area (Å²) in [5.74, 6) is -0.0824. The van der Waals surface area contributed by atoms with E-state index >= 15 is 0 Å². The lowest BCUT2D eigenvalue weighted by Crippen LogP contribution is -2.28. The quantitative estimate of drug-likeness (QED) is 0.713. The van der Waals surface area contributed by atoms with Crippen LogP contribution in [0.15, 0.2) is 65.3 Å². The van der Waals surface area contributed by atoms with Gasteiger partial charge >= 0.3 is 0 Å². The Balaban J connectivity index is 1.54. The van der Waals surface area contributed by atoms with Gasteiger partial charge in [0.25, 0.3) is 5.91 Å². The van der Waals surface area contributed by atoms with Crippen molar-refractivity contribution in [1.29, 1.82) is 0 Å². The Morgan fingerprint density at radius 3 is 2.64 bits per heavy atom. The number of hydrogen-bond donors (Lipinski definition) is 1. The summed E-state index contributed by atoms with van der Waals surface area (Å²) >= 11 is 0. The van der Waals surface area contributed by atoms with E-state index in [1.54, 1.807) is 41.3 Å². The van der Waals surface area contributed by atoms with Crippen LogP contribution in [-0.4, -0.2) is 20.9 Å². The van der Waals surface area contributed by atoms with Crippen LogP contribution in [-0.2, 0) is 22.2 Å². The van der Waals surface area contributed by atoms with Crippen molar-refractivity contribution in [3.05, 3.63) is 83.3 Å². The fourth-order valence-electron chi connectivity index (χ4n) is 3.31. The number of amides is 1. The lowest BCUT2D eigenvalue weighted by atomic mass is 10.1. The van der Waals surface area contributed by atoms with Crippen molar-refractivity contribution in [1.82, 2.24) is 0 Å². The number of hydrogen-bond acceptors (Lipinski definition) is 4. The van der Waals surface area contributed by atoms with Crippen LogP contribution in [0.2, 0.25) is 0 Å². The van der Waals surface area contributed by atoms with Gasteiger partial charge in [-0.15, -0.1) is 0 Å². The molecule has 28 heavy (non-hydrogen) atoms. The largest absolute Gasteiger partial charge is 0.459 e. The van der Waals surface area contributed by atoms with Gasteiger partial charge in [-0.2, -0.15) is 0 Å². The third kappa shape index (κ3) is 3.80. The molecule has 0 saturated carbocycles. The molecule has 1 aliphatic heterocycles. The van der Waals surface area contributed by atoms with E-state index in [0.29, 0.717) is 23.5 Å². The fraction of sp³-hybridized carbons (Fsp3) is 0.190. The van der Waals surface area contributed by atoms with Gasteiger partial charge in [0.15, 0.2) is 5.76 Å². The van der Waals surface area contributed by atoms with E-state index in [4.69, 9.17) is 4.42 Å². The van der Waals surface area contributed by atoms with Crippen LogP contribution in [0.25, 0.3) is 0 Å². The maximum Gasteiger partial charge on any atom is 0.293 e. The molecular formula is C21H20N2O4S. The predicted octanol–water partition coefficient (Wildman–Crippen LogP) is 3.73. The monoisotopic (exact) mass is 396 g/mol. The minimum Gasteiger partial charge on any atom is -0.459 e. The van der Waals surface area contributed by atoms with Crippen LogP contribution in [0.4, 0.5) is 11.4 Å². The van der Waals surface area contributed by atoms with Gasteiger partial charge in [-0.3, -0.25) is 9.52 Å². The Hall–Kier alpha value is -3.06. The molecule has 0 radical (unpaired) electrons. The van der Waals surface area contributed by atoms with Gasteiger partial charge in [-0.25, -0.2) is 8.42 Å². The molecule has 1 aromatic heterocycles. The summed E-state index contributed by atoms with van der Waals surface area (Å²) < 4.78 is 32.9. The minimum absolute atomic E-state index is 0.112. The molecule has 0 atom stereocenters. The van der Waals surface area contributed by atoms with Crippen LogP contribution in [0.1, 0.15) is 27.2 Å². The van der Waals surface area contributed by atoms with Gasteiger partial charge in [-0.1, -0.05) is 35.9 Å². The highest BCUT2D eigenvalue weighted by Gasteiger charge is 2.27. The van der Waals surface area contributed by atoms with E-state index in [9.17, 15) is 13.2 Å². The zero-order chi connectivity index (χ0) is 19.7. The second kappa shape index (κ2) is 7.16. The molecule has 1 amide bonds. The van der Waals surface area contributed by atoms with E-state index in [0.717, 1.165) is 17.5 Å². The molecule has 0 unspecified atom stereocenters. The fourth-order valence-corrected chi connectivity index (χ4v) is 4.50. The lowest BCUT2D eigenvalue weighted by molar-refractivity contribution is 0.0963. The van der Waals surface area contributed by atoms with Gasteiger partial charge in [-0.05, 0) is 48.7 Å². The van der Waals surface area contributed by atoms with E-state index in [1.807, 2.05) is 25.1 Å². The van der Waals surface area contributed by atoms with Crippen molar-refractivity contribution >= 4 is 27.3 Å². The summed E-state index contributed by atoms with van der Waals surface area (Å²) in [5, 5.41) is 0. The first-order valence-corrected chi connectivity index (χ1v) is 10.6. The Morgan fingerprint density at radius 2 is 1.93 bits per heavy atom. The smallest absolute Gasteiger partial charge is 0.293 e. The Bertz CT molecular complexity index is 1100. The predicted molar refractivity (Wildman–Crippen MR) is 108 cm³/mol. The van der Waals surface area contributed by atoms with Crippen LogP contribution in [0, 0.1) is 6.92 Å². The van der Waals surface area contributed by atoms with E-state index in [2.05, 4.69) is 4.72 Å². The molecule has 7 heteroatoms. The number of benzene rings is 2. The number of fused-ring (bicyclic) bond motifs is 1. The summed E-state index contributed by atoms with van der Waals surface area (Å²) in [4.78, 5) is 14.2. The third-order valence-electron chi connectivity index (χ3n) is 4.71. The summed E-state index contributed by atoms with van der Waals surface area (Å²) in [6.07, 6.45) is 2.18. The van der Waals surface area contributed by atoms with Crippen LogP contribution in [0.5, 0.6) is 0 Å². The first-order chi connectivity index (χ1) is 13.4. The molecule has 0 fully saturated rings. The van der Waals surface area contributed by atoms with Crippen molar-refractivity contribution in [3.8, 4) is 0 Å². The zero-order valence-corrected chi connectivity index (χ0v) is 16.2. The second-order valence-electron chi connectivity index (χ2n) is 6.87. The number of aryl methyl sites for hydroxylation is 1. The number of rotatable bonds is 5. The van der Waals surface area contributed by atoms with Crippen molar-refractivity contribution < 1.29 is 17.6 Å². The summed E-state index contributed by atoms with van der Waals surface area (Å²) in [5.41, 5.74) is 3.94. The van der Waals surface area contributed by atoms with E-state index in [-0.39, 0.29) is 17.4 Å². The average Bonchev–Trinajstić information content (AvgIpc) is 3.32. The van der Waals surface area contributed by atoms with Gasteiger partial charge in [0, 0.05) is 12.2 Å². The average molecular weight is 396 g/mol. The molecule has 0 spiro atoms. The molecular weight excluding hydrogens is 376 g/mol. The topological polar surface area (TPSA) is 79.6 Å². The number of furan rings is 1. The Kier molecular flexibility index (Phi) is 4.68. The SMILES string of the molecule is Cc1ccc(CS(=O)(=O)Nc2ccc3c(c2)N(C(=O)c2ccco2)CC3)cc1. The standard InChI is InChI=1S/C21H20N2O4S/c1-15-4-6-16(7-5-15)14-28(25,26)22-18-9-8-17-10-11-23(19(17)13-18)21(24)20-3-2-12-27-20/h2-9,12-13,22H,10-11,14H2,1H3.